The van der Waals surface area contributed by atoms with E-state index >= 15 is 0 Å². The number of amides is 1. The van der Waals surface area contributed by atoms with Crippen molar-refractivity contribution in [2.24, 2.45) is 5.14 Å². The summed E-state index contributed by atoms with van der Waals surface area (Å²) in [5.74, 6) is -1.59. The maximum Gasteiger partial charge on any atom is 0.300 e. The lowest BCUT2D eigenvalue weighted by atomic mass is 9.98. The average Bonchev–Trinajstić information content (AvgIpc) is 3.09. The molecule has 2 aromatic carbocycles. The zero-order chi connectivity index (χ0) is 23.8. The molecule has 0 aliphatic carbocycles. The zero-order valence-corrected chi connectivity index (χ0v) is 18.2. The van der Waals surface area contributed by atoms with Crippen molar-refractivity contribution < 1.29 is 27.9 Å². The molecule has 33 heavy (non-hydrogen) atoms. The molecule has 2 heterocycles. The van der Waals surface area contributed by atoms with Crippen LogP contribution in [0.1, 0.15) is 17.3 Å². The van der Waals surface area contributed by atoms with E-state index in [9.17, 15) is 23.1 Å². The van der Waals surface area contributed by atoms with Crippen molar-refractivity contribution in [1.82, 2.24) is 4.98 Å². The van der Waals surface area contributed by atoms with Gasteiger partial charge in [-0.15, -0.1) is 0 Å². The van der Waals surface area contributed by atoms with Gasteiger partial charge in [0.05, 0.1) is 23.3 Å². The molecule has 0 saturated carbocycles. The molecule has 0 spiro atoms. The summed E-state index contributed by atoms with van der Waals surface area (Å²) in [5.41, 5.74) is 0.773. The molecule has 1 unspecified atom stereocenters. The van der Waals surface area contributed by atoms with Crippen LogP contribution in [0.3, 0.4) is 0 Å². The zero-order valence-electron chi connectivity index (χ0n) is 17.4. The molecule has 3 N–H and O–H groups in total. The fraction of sp³-hybridized carbons (Fsp3) is 0.0870. The van der Waals surface area contributed by atoms with Gasteiger partial charge in [-0.25, -0.2) is 13.6 Å². The van der Waals surface area contributed by atoms with Crippen molar-refractivity contribution >= 4 is 33.2 Å². The van der Waals surface area contributed by atoms with Crippen molar-refractivity contribution in [3.8, 4) is 5.75 Å². The van der Waals surface area contributed by atoms with Crippen LogP contribution in [0.4, 0.5) is 5.69 Å². The van der Waals surface area contributed by atoms with Gasteiger partial charge in [-0.3, -0.25) is 19.5 Å². The number of Topliss-reactive ketones (excluding diaryl/α,β-unsaturated/α-hetero) is 1. The third kappa shape index (κ3) is 4.09. The number of carbonyl (C=O) groups is 2. The number of aliphatic hydroxyl groups excluding tert-OH is 1. The Kier molecular flexibility index (Phi) is 5.71. The fourth-order valence-corrected chi connectivity index (χ4v) is 4.13. The van der Waals surface area contributed by atoms with Crippen LogP contribution in [0.5, 0.6) is 5.75 Å². The molecule has 1 fully saturated rings. The minimum absolute atomic E-state index is 0.139. The normalized spacial score (nSPS) is 17.9. The Morgan fingerprint density at radius 1 is 1.03 bits per heavy atom. The van der Waals surface area contributed by atoms with E-state index in [0.717, 1.165) is 0 Å². The summed E-state index contributed by atoms with van der Waals surface area (Å²) in [5, 5.41) is 16.2. The number of pyridine rings is 1. The van der Waals surface area contributed by atoms with Crippen LogP contribution >= 0.6 is 0 Å². The van der Waals surface area contributed by atoms with Crippen LogP contribution in [0.25, 0.3) is 5.76 Å². The number of primary sulfonamides is 1. The quantitative estimate of drug-likeness (QED) is 0.335. The second kappa shape index (κ2) is 8.49. The molecule has 1 aliphatic heterocycles. The molecule has 1 aliphatic rings. The maximum atomic E-state index is 13.1. The molecular formula is C23H19N3O6S. The molecule has 9 nitrogen and oxygen atoms in total. The second-order valence-electron chi connectivity index (χ2n) is 7.19. The van der Waals surface area contributed by atoms with Crippen molar-refractivity contribution in [3.63, 3.8) is 0 Å². The van der Waals surface area contributed by atoms with Gasteiger partial charge in [0.15, 0.2) is 0 Å². The summed E-state index contributed by atoms with van der Waals surface area (Å²) in [6.45, 7) is 0. The number of methoxy groups -OCH3 is 1. The number of aromatic nitrogens is 1. The lowest BCUT2D eigenvalue weighted by Crippen LogP contribution is -2.29. The fourth-order valence-electron chi connectivity index (χ4n) is 3.62. The van der Waals surface area contributed by atoms with Crippen molar-refractivity contribution in [2.75, 3.05) is 12.0 Å². The number of ether oxygens (including phenoxy) is 1. The van der Waals surface area contributed by atoms with Gasteiger partial charge in [-0.2, -0.15) is 0 Å². The molecule has 1 saturated heterocycles. The number of benzene rings is 2. The van der Waals surface area contributed by atoms with E-state index in [1.165, 1.54) is 42.5 Å². The van der Waals surface area contributed by atoms with E-state index < -0.39 is 27.8 Å². The van der Waals surface area contributed by atoms with Gasteiger partial charge in [-0.1, -0.05) is 6.07 Å². The monoisotopic (exact) mass is 465 g/mol. The lowest BCUT2D eigenvalue weighted by Gasteiger charge is -2.24. The Hall–Kier alpha value is -4.02. The summed E-state index contributed by atoms with van der Waals surface area (Å²) >= 11 is 0. The predicted octanol–water partition coefficient (Wildman–Crippen LogP) is 2.36. The van der Waals surface area contributed by atoms with Crippen molar-refractivity contribution in [1.29, 1.82) is 0 Å². The van der Waals surface area contributed by atoms with Gasteiger partial charge in [0.25, 0.3) is 11.7 Å². The van der Waals surface area contributed by atoms with Crippen LogP contribution in [-0.2, 0) is 19.6 Å². The Morgan fingerprint density at radius 2 is 1.70 bits per heavy atom. The standard InChI is InChI=1S/C23H19N3O6S/c1-32-16-9-5-14(6-10-16)21(27)19-20(18-4-2-3-13-25-18)26(23(29)22(19)28)15-7-11-17(12-8-15)33(24,30)31/h2-13,20,27H,1H3,(H2,24,30,31)/b21-19+. The SMILES string of the molecule is COc1ccc(/C(O)=C2\C(=O)C(=O)N(c3ccc(S(N)(=O)=O)cc3)C2c2ccccn2)cc1. The molecule has 4 rings (SSSR count). The minimum atomic E-state index is -3.94. The highest BCUT2D eigenvalue weighted by atomic mass is 32.2. The number of anilines is 1. The number of ketones is 1. The third-order valence-corrected chi connectivity index (χ3v) is 6.15. The number of rotatable bonds is 5. The maximum absolute atomic E-state index is 13.1. The van der Waals surface area contributed by atoms with E-state index in [1.807, 2.05) is 0 Å². The lowest BCUT2D eigenvalue weighted by molar-refractivity contribution is -0.132. The minimum Gasteiger partial charge on any atom is -0.507 e. The molecule has 0 bridgehead atoms. The first-order valence-corrected chi connectivity index (χ1v) is 11.3. The van der Waals surface area contributed by atoms with Gasteiger partial charge in [-0.05, 0) is 60.7 Å². The smallest absolute Gasteiger partial charge is 0.300 e. The van der Waals surface area contributed by atoms with Gasteiger partial charge in [0, 0.05) is 17.4 Å². The number of nitrogens with two attached hydrogens (primary N) is 1. The third-order valence-electron chi connectivity index (χ3n) is 5.22. The Labute approximate surface area is 189 Å². The van der Waals surface area contributed by atoms with Gasteiger partial charge < -0.3 is 9.84 Å². The van der Waals surface area contributed by atoms with Gasteiger partial charge in [0.1, 0.15) is 17.6 Å². The predicted molar refractivity (Wildman–Crippen MR) is 120 cm³/mol. The summed E-state index contributed by atoms with van der Waals surface area (Å²) < 4.78 is 28.3. The molecule has 3 aromatic rings. The van der Waals surface area contributed by atoms with E-state index in [1.54, 1.807) is 42.5 Å². The first kappa shape index (κ1) is 22.2. The number of sulfonamides is 1. The highest BCUT2D eigenvalue weighted by Gasteiger charge is 2.47. The highest BCUT2D eigenvalue weighted by molar-refractivity contribution is 7.89. The molecule has 1 atom stereocenters. The van der Waals surface area contributed by atoms with Gasteiger partial charge >= 0.3 is 0 Å². The Morgan fingerprint density at radius 3 is 2.24 bits per heavy atom. The summed E-state index contributed by atoms with van der Waals surface area (Å²) in [7, 11) is -2.44. The van der Waals surface area contributed by atoms with Gasteiger partial charge in [0.2, 0.25) is 10.0 Å². The molecule has 1 aromatic heterocycles. The number of carbonyl (C=O) groups excluding carboxylic acids is 2. The van der Waals surface area contributed by atoms with E-state index in [4.69, 9.17) is 9.88 Å². The van der Waals surface area contributed by atoms with E-state index in [-0.39, 0.29) is 21.9 Å². The van der Waals surface area contributed by atoms with Crippen LogP contribution in [0, 0.1) is 0 Å². The second-order valence-corrected chi connectivity index (χ2v) is 8.75. The Balaban J connectivity index is 1.89. The average molecular weight is 465 g/mol. The van der Waals surface area contributed by atoms with Crippen LogP contribution in [0.15, 0.2) is 83.4 Å². The number of aliphatic hydroxyl groups is 1. The van der Waals surface area contributed by atoms with E-state index in [0.29, 0.717) is 17.0 Å². The van der Waals surface area contributed by atoms with Crippen LogP contribution in [0.2, 0.25) is 0 Å². The first-order valence-electron chi connectivity index (χ1n) is 9.71. The van der Waals surface area contributed by atoms with Crippen LogP contribution < -0.4 is 14.8 Å². The topological polar surface area (TPSA) is 140 Å². The van der Waals surface area contributed by atoms with E-state index in [2.05, 4.69) is 4.98 Å². The number of nitrogens with zero attached hydrogens (tertiary/aromatic N) is 2. The largest absolute Gasteiger partial charge is 0.507 e. The van der Waals surface area contributed by atoms with Crippen LogP contribution in [-0.4, -0.2) is 37.3 Å². The molecule has 10 heteroatoms. The molecule has 168 valence electrons. The first-order chi connectivity index (χ1) is 15.7. The number of hydrogen-bond donors (Lipinski definition) is 2. The molecule has 1 amide bonds. The molecule has 0 radical (unpaired) electrons. The summed E-state index contributed by atoms with van der Waals surface area (Å²) in [6, 6.07) is 15.6. The summed E-state index contributed by atoms with van der Waals surface area (Å²) in [4.78, 5) is 31.4. The molecular weight excluding hydrogens is 446 g/mol. The van der Waals surface area contributed by atoms with Crippen molar-refractivity contribution in [3.05, 3.63) is 89.8 Å². The highest BCUT2D eigenvalue weighted by Crippen LogP contribution is 2.41. The van der Waals surface area contributed by atoms with Crippen molar-refractivity contribution in [2.45, 2.75) is 10.9 Å². The number of hydrogen-bond acceptors (Lipinski definition) is 7. The Bertz CT molecular complexity index is 1350. The summed E-state index contributed by atoms with van der Waals surface area (Å²) in [6.07, 6.45) is 1.51.